The highest BCUT2D eigenvalue weighted by atomic mass is 16.2. The molecular weight excluding hydrogens is 332 g/mol. The van der Waals surface area contributed by atoms with Gasteiger partial charge in [0.1, 0.15) is 0 Å². The highest BCUT2D eigenvalue weighted by molar-refractivity contribution is 6.00. The first-order valence-electron chi connectivity index (χ1n) is 9.05. The van der Waals surface area contributed by atoms with Gasteiger partial charge in [-0.15, -0.1) is 0 Å². The highest BCUT2D eigenvalue weighted by Gasteiger charge is 2.08. The SMILES string of the molecule is CN(C(=O)/C=C/N(Cc1ccccc1)Cc1ccccc1)c1ccccc1. The minimum absolute atomic E-state index is 0.0488. The molecule has 0 saturated carbocycles. The van der Waals surface area contributed by atoms with Crippen molar-refractivity contribution in [2.75, 3.05) is 11.9 Å². The zero-order chi connectivity index (χ0) is 18.9. The van der Waals surface area contributed by atoms with Crippen molar-refractivity contribution in [3.63, 3.8) is 0 Å². The summed E-state index contributed by atoms with van der Waals surface area (Å²) in [6, 6.07) is 30.2. The average molecular weight is 356 g/mol. The molecule has 0 unspecified atom stereocenters. The number of para-hydroxylation sites is 1. The molecule has 0 aliphatic rings. The number of carbonyl (C=O) groups is 1. The fourth-order valence-electron chi connectivity index (χ4n) is 2.86. The smallest absolute Gasteiger partial charge is 0.252 e. The van der Waals surface area contributed by atoms with Crippen LogP contribution in [0, 0.1) is 0 Å². The van der Waals surface area contributed by atoms with E-state index in [1.54, 1.807) is 18.0 Å². The molecule has 3 rings (SSSR count). The van der Waals surface area contributed by atoms with Gasteiger partial charge in [-0.2, -0.15) is 0 Å². The predicted octanol–water partition coefficient (Wildman–Crippen LogP) is 4.87. The van der Waals surface area contributed by atoms with Gasteiger partial charge in [0.05, 0.1) is 0 Å². The fraction of sp³-hybridized carbons (Fsp3) is 0.125. The summed E-state index contributed by atoms with van der Waals surface area (Å²) in [7, 11) is 1.79. The van der Waals surface area contributed by atoms with E-state index >= 15 is 0 Å². The zero-order valence-electron chi connectivity index (χ0n) is 15.5. The average Bonchev–Trinajstić information content (AvgIpc) is 2.73. The van der Waals surface area contributed by atoms with E-state index in [0.717, 1.165) is 18.8 Å². The van der Waals surface area contributed by atoms with Crippen molar-refractivity contribution in [2.45, 2.75) is 13.1 Å². The standard InChI is InChI=1S/C24H24N2O/c1-25(23-15-9-4-10-16-23)24(27)17-18-26(19-21-11-5-2-6-12-21)20-22-13-7-3-8-14-22/h2-18H,19-20H2,1H3/b18-17+. The Morgan fingerprint density at radius 3 is 1.67 bits per heavy atom. The topological polar surface area (TPSA) is 23.6 Å². The van der Waals surface area contributed by atoms with Crippen molar-refractivity contribution in [3.05, 3.63) is 114 Å². The van der Waals surface area contributed by atoms with Crippen molar-refractivity contribution in [2.24, 2.45) is 0 Å². The van der Waals surface area contributed by atoms with Gasteiger partial charge >= 0.3 is 0 Å². The minimum atomic E-state index is -0.0488. The number of likely N-dealkylation sites (N-methyl/N-ethyl adjacent to an activating group) is 1. The van der Waals surface area contributed by atoms with Gasteiger partial charge < -0.3 is 9.80 Å². The molecule has 0 heterocycles. The second kappa shape index (κ2) is 9.39. The number of hydrogen-bond donors (Lipinski definition) is 0. The molecule has 1 amide bonds. The van der Waals surface area contributed by atoms with Gasteiger partial charge in [0.25, 0.3) is 5.91 Å². The van der Waals surface area contributed by atoms with E-state index in [-0.39, 0.29) is 5.91 Å². The van der Waals surface area contributed by atoms with Crippen LogP contribution in [-0.2, 0) is 17.9 Å². The molecule has 0 spiro atoms. The maximum atomic E-state index is 12.6. The number of hydrogen-bond acceptors (Lipinski definition) is 2. The molecule has 136 valence electrons. The molecule has 0 aliphatic heterocycles. The molecular formula is C24H24N2O. The van der Waals surface area contributed by atoms with Gasteiger partial charge in [0.15, 0.2) is 0 Å². The molecule has 3 aromatic carbocycles. The van der Waals surface area contributed by atoms with Crippen LogP contribution in [-0.4, -0.2) is 17.9 Å². The number of carbonyl (C=O) groups excluding carboxylic acids is 1. The maximum Gasteiger partial charge on any atom is 0.252 e. The Morgan fingerprint density at radius 2 is 1.19 bits per heavy atom. The van der Waals surface area contributed by atoms with Gasteiger partial charge in [0.2, 0.25) is 0 Å². The lowest BCUT2D eigenvalue weighted by Crippen LogP contribution is -2.25. The van der Waals surface area contributed by atoms with E-state index in [0.29, 0.717) is 0 Å². The first kappa shape index (κ1) is 18.5. The van der Waals surface area contributed by atoms with Crippen LogP contribution in [0.25, 0.3) is 0 Å². The second-order valence-corrected chi connectivity index (χ2v) is 6.42. The van der Waals surface area contributed by atoms with Crippen LogP contribution in [0.15, 0.2) is 103 Å². The maximum absolute atomic E-state index is 12.6. The second-order valence-electron chi connectivity index (χ2n) is 6.42. The Balaban J connectivity index is 1.73. The fourth-order valence-corrected chi connectivity index (χ4v) is 2.86. The molecule has 0 atom stereocenters. The molecule has 3 aromatic rings. The summed E-state index contributed by atoms with van der Waals surface area (Å²) in [6.07, 6.45) is 3.53. The van der Waals surface area contributed by atoms with Crippen LogP contribution in [0.2, 0.25) is 0 Å². The lowest BCUT2D eigenvalue weighted by atomic mass is 10.2. The number of nitrogens with zero attached hydrogens (tertiary/aromatic N) is 2. The summed E-state index contributed by atoms with van der Waals surface area (Å²) in [4.78, 5) is 16.4. The molecule has 0 fully saturated rings. The highest BCUT2D eigenvalue weighted by Crippen LogP contribution is 2.13. The van der Waals surface area contributed by atoms with Gasteiger partial charge in [-0.25, -0.2) is 0 Å². The van der Waals surface area contributed by atoms with Crippen LogP contribution in [0.3, 0.4) is 0 Å². The Kier molecular flexibility index (Phi) is 6.42. The van der Waals surface area contributed by atoms with E-state index in [4.69, 9.17) is 0 Å². The van der Waals surface area contributed by atoms with Crippen LogP contribution in [0.5, 0.6) is 0 Å². The monoisotopic (exact) mass is 356 g/mol. The van der Waals surface area contributed by atoms with E-state index in [2.05, 4.69) is 29.2 Å². The van der Waals surface area contributed by atoms with Crippen molar-refractivity contribution in [1.29, 1.82) is 0 Å². The summed E-state index contributed by atoms with van der Waals surface area (Å²) < 4.78 is 0. The van der Waals surface area contributed by atoms with Gasteiger partial charge in [0, 0.05) is 38.1 Å². The van der Waals surface area contributed by atoms with E-state index in [1.165, 1.54) is 11.1 Å². The third kappa shape index (κ3) is 5.58. The van der Waals surface area contributed by atoms with Crippen molar-refractivity contribution in [3.8, 4) is 0 Å². The third-order valence-electron chi connectivity index (χ3n) is 4.36. The molecule has 0 N–H and O–H groups in total. The van der Waals surface area contributed by atoms with E-state index < -0.39 is 0 Å². The van der Waals surface area contributed by atoms with Crippen molar-refractivity contribution in [1.82, 2.24) is 4.90 Å². The largest absolute Gasteiger partial charge is 0.369 e. The number of benzene rings is 3. The molecule has 27 heavy (non-hydrogen) atoms. The van der Waals surface area contributed by atoms with Crippen LogP contribution >= 0.6 is 0 Å². The molecule has 0 bridgehead atoms. The molecule has 3 nitrogen and oxygen atoms in total. The molecule has 3 heteroatoms. The molecule has 0 aliphatic carbocycles. The first-order valence-corrected chi connectivity index (χ1v) is 9.05. The molecule has 0 saturated heterocycles. The lowest BCUT2D eigenvalue weighted by Gasteiger charge is -2.21. The Labute approximate surface area is 161 Å². The summed E-state index contributed by atoms with van der Waals surface area (Å²) >= 11 is 0. The quantitative estimate of drug-likeness (QED) is 0.564. The van der Waals surface area contributed by atoms with E-state index in [9.17, 15) is 4.79 Å². The summed E-state index contributed by atoms with van der Waals surface area (Å²) in [5.41, 5.74) is 3.30. The predicted molar refractivity (Wildman–Crippen MR) is 111 cm³/mol. The van der Waals surface area contributed by atoms with Gasteiger partial charge in [-0.05, 0) is 23.3 Å². The summed E-state index contributed by atoms with van der Waals surface area (Å²) in [5, 5.41) is 0. The summed E-state index contributed by atoms with van der Waals surface area (Å²) in [6.45, 7) is 1.49. The number of anilines is 1. The molecule has 0 radical (unpaired) electrons. The lowest BCUT2D eigenvalue weighted by molar-refractivity contribution is -0.114. The van der Waals surface area contributed by atoms with Gasteiger partial charge in [-0.1, -0.05) is 78.9 Å². The Hall–Kier alpha value is -3.33. The summed E-state index contributed by atoms with van der Waals surface area (Å²) in [5.74, 6) is -0.0488. The minimum Gasteiger partial charge on any atom is -0.369 e. The third-order valence-corrected chi connectivity index (χ3v) is 4.36. The zero-order valence-corrected chi connectivity index (χ0v) is 15.5. The van der Waals surface area contributed by atoms with Crippen molar-refractivity contribution >= 4 is 11.6 Å². The molecule has 0 aromatic heterocycles. The van der Waals surface area contributed by atoms with Crippen LogP contribution in [0.1, 0.15) is 11.1 Å². The van der Waals surface area contributed by atoms with Crippen LogP contribution in [0.4, 0.5) is 5.69 Å². The number of rotatable bonds is 7. The Bertz CT molecular complexity index is 819. The van der Waals surface area contributed by atoms with Crippen molar-refractivity contribution < 1.29 is 4.79 Å². The first-order chi connectivity index (χ1) is 13.2. The van der Waals surface area contributed by atoms with E-state index in [1.807, 2.05) is 72.9 Å². The van der Waals surface area contributed by atoms with Gasteiger partial charge in [-0.3, -0.25) is 4.79 Å². The number of amides is 1. The normalized spacial score (nSPS) is 10.7. The van der Waals surface area contributed by atoms with Crippen LogP contribution < -0.4 is 4.90 Å². The Morgan fingerprint density at radius 1 is 0.741 bits per heavy atom.